The van der Waals surface area contributed by atoms with Gasteiger partial charge in [-0.25, -0.2) is 0 Å². The Morgan fingerprint density at radius 1 is 0.833 bits per heavy atom. The van der Waals surface area contributed by atoms with Gasteiger partial charge in [-0.3, -0.25) is 19.7 Å². The molecular formula is C45H61N3O6. The maximum atomic E-state index is 12.9. The summed E-state index contributed by atoms with van der Waals surface area (Å²) in [5.74, 6) is 4.76. The van der Waals surface area contributed by atoms with Gasteiger partial charge >= 0.3 is 11.9 Å². The van der Waals surface area contributed by atoms with Gasteiger partial charge in [0, 0.05) is 31.4 Å². The molecule has 4 aliphatic carbocycles. The van der Waals surface area contributed by atoms with Crippen molar-refractivity contribution in [1.29, 1.82) is 0 Å². The van der Waals surface area contributed by atoms with Crippen LogP contribution in [0.4, 0.5) is 17.1 Å². The second kappa shape index (κ2) is 17.3. The molecule has 292 valence electrons. The Balaban J connectivity index is 0.907. The van der Waals surface area contributed by atoms with Crippen molar-refractivity contribution in [2.45, 2.75) is 137 Å². The van der Waals surface area contributed by atoms with Gasteiger partial charge in [-0.05, 0) is 141 Å². The lowest BCUT2D eigenvalue weighted by molar-refractivity contribution is -0.384. The molecule has 3 saturated carbocycles. The highest BCUT2D eigenvalue weighted by Gasteiger charge is 2.59. The molecule has 54 heavy (non-hydrogen) atoms. The van der Waals surface area contributed by atoms with E-state index in [1.54, 1.807) is 24.3 Å². The van der Waals surface area contributed by atoms with Gasteiger partial charge in [-0.15, -0.1) is 0 Å². The zero-order valence-corrected chi connectivity index (χ0v) is 33.1. The number of allylic oxidation sites excluding steroid dienone is 1. The first kappa shape index (κ1) is 39.8. The summed E-state index contributed by atoms with van der Waals surface area (Å²) in [6, 6.07) is 12.4. The van der Waals surface area contributed by atoms with E-state index in [4.69, 9.17) is 9.47 Å². The molecule has 0 amide bonds. The van der Waals surface area contributed by atoms with Crippen LogP contribution in [0.5, 0.6) is 5.75 Å². The van der Waals surface area contributed by atoms with E-state index in [9.17, 15) is 19.7 Å². The number of ether oxygens (including phenoxy) is 2. The van der Waals surface area contributed by atoms with E-state index in [2.05, 4.69) is 50.9 Å². The van der Waals surface area contributed by atoms with Crippen LogP contribution in [0.2, 0.25) is 0 Å². The van der Waals surface area contributed by atoms with Crippen LogP contribution >= 0.6 is 0 Å². The van der Waals surface area contributed by atoms with Crippen molar-refractivity contribution in [2.75, 3.05) is 0 Å². The van der Waals surface area contributed by atoms with Crippen molar-refractivity contribution in [3.63, 3.8) is 0 Å². The van der Waals surface area contributed by atoms with Crippen LogP contribution in [-0.4, -0.2) is 23.0 Å². The second-order valence-electron chi connectivity index (χ2n) is 17.8. The lowest BCUT2D eigenvalue weighted by atomic mass is 9.47. The van der Waals surface area contributed by atoms with E-state index in [0.717, 1.165) is 54.8 Å². The summed E-state index contributed by atoms with van der Waals surface area (Å²) in [4.78, 5) is 35.7. The molecule has 2 aromatic rings. The van der Waals surface area contributed by atoms with Gasteiger partial charge in [-0.2, -0.15) is 10.2 Å². The van der Waals surface area contributed by atoms with Crippen LogP contribution in [0.3, 0.4) is 0 Å². The maximum Gasteiger partial charge on any atom is 0.311 e. The Kier molecular flexibility index (Phi) is 12.7. The van der Waals surface area contributed by atoms with E-state index in [1.807, 2.05) is 0 Å². The maximum absolute atomic E-state index is 12.9. The average molecular weight is 740 g/mol. The summed E-state index contributed by atoms with van der Waals surface area (Å²) in [6.07, 6.45) is 17.9. The topological polar surface area (TPSA) is 120 Å². The molecular weight excluding hydrogens is 679 g/mol. The molecule has 0 bridgehead atoms. The molecule has 9 nitrogen and oxygen atoms in total. The van der Waals surface area contributed by atoms with E-state index >= 15 is 0 Å². The van der Waals surface area contributed by atoms with E-state index in [0.29, 0.717) is 41.8 Å². The van der Waals surface area contributed by atoms with Crippen LogP contribution in [0.1, 0.15) is 131 Å². The lowest BCUT2D eigenvalue weighted by Crippen LogP contribution is -2.51. The number of carbonyl (C=O) groups is 2. The van der Waals surface area contributed by atoms with Crippen LogP contribution in [0.25, 0.3) is 0 Å². The Bertz CT molecular complexity index is 1690. The molecule has 8 atom stereocenters. The van der Waals surface area contributed by atoms with Crippen molar-refractivity contribution < 1.29 is 24.0 Å². The molecule has 0 N–H and O–H groups in total. The largest absolute Gasteiger partial charge is 0.462 e. The minimum Gasteiger partial charge on any atom is -0.462 e. The first-order valence-corrected chi connectivity index (χ1v) is 20.7. The summed E-state index contributed by atoms with van der Waals surface area (Å²) < 4.78 is 11.5. The zero-order valence-electron chi connectivity index (χ0n) is 33.1. The van der Waals surface area contributed by atoms with Crippen molar-refractivity contribution in [3.8, 4) is 5.75 Å². The molecule has 4 aliphatic rings. The predicted molar refractivity (Wildman–Crippen MR) is 211 cm³/mol. The van der Waals surface area contributed by atoms with Crippen LogP contribution in [0, 0.1) is 56.5 Å². The summed E-state index contributed by atoms with van der Waals surface area (Å²) in [7, 11) is 0. The zero-order chi connectivity index (χ0) is 38.5. The van der Waals surface area contributed by atoms with Crippen molar-refractivity contribution in [1.82, 2.24) is 0 Å². The normalized spacial score (nSPS) is 29.5. The van der Waals surface area contributed by atoms with Gasteiger partial charge in [0.15, 0.2) is 0 Å². The van der Waals surface area contributed by atoms with Gasteiger partial charge < -0.3 is 9.47 Å². The number of rotatable bonds is 15. The summed E-state index contributed by atoms with van der Waals surface area (Å²) in [5.41, 5.74) is 3.29. The third-order valence-corrected chi connectivity index (χ3v) is 14.0. The van der Waals surface area contributed by atoms with Crippen molar-refractivity contribution in [2.24, 2.45) is 56.6 Å². The second-order valence-corrected chi connectivity index (χ2v) is 17.8. The van der Waals surface area contributed by atoms with Crippen LogP contribution < -0.4 is 4.74 Å². The highest BCUT2D eigenvalue weighted by molar-refractivity contribution is 5.73. The highest BCUT2D eigenvalue weighted by Crippen LogP contribution is 2.67. The molecule has 0 saturated heterocycles. The average Bonchev–Trinajstić information content (AvgIpc) is 3.50. The number of hydrogen-bond acceptors (Lipinski definition) is 8. The van der Waals surface area contributed by atoms with E-state index in [-0.39, 0.29) is 35.6 Å². The summed E-state index contributed by atoms with van der Waals surface area (Å²) in [6.45, 7) is 12.4. The summed E-state index contributed by atoms with van der Waals surface area (Å²) >= 11 is 0. The van der Waals surface area contributed by atoms with Gasteiger partial charge in [0.1, 0.15) is 11.9 Å². The Hall–Kier alpha value is -3.88. The molecule has 2 aromatic carbocycles. The Morgan fingerprint density at radius 2 is 1.50 bits per heavy atom. The van der Waals surface area contributed by atoms with Gasteiger partial charge in [0.05, 0.1) is 16.3 Å². The Morgan fingerprint density at radius 3 is 2.17 bits per heavy atom. The quantitative estimate of drug-likeness (QED) is 0.0341. The van der Waals surface area contributed by atoms with Gasteiger partial charge in [0.2, 0.25) is 0 Å². The number of azo groups is 1. The minimum atomic E-state index is -0.467. The molecule has 9 heteroatoms. The first-order valence-electron chi connectivity index (χ1n) is 20.7. The van der Waals surface area contributed by atoms with Crippen LogP contribution in [-0.2, 0) is 14.3 Å². The lowest BCUT2D eigenvalue weighted by Gasteiger charge is -2.58. The number of nitro groups is 1. The Labute approximate surface area is 321 Å². The molecule has 6 rings (SSSR count). The smallest absolute Gasteiger partial charge is 0.311 e. The fraction of sp³-hybridized carbons (Fsp3) is 0.644. The molecule has 3 fully saturated rings. The number of fused-ring (bicyclic) bond motifs is 5. The number of benzene rings is 2. The highest BCUT2D eigenvalue weighted by atomic mass is 16.6. The molecule has 0 spiro atoms. The molecule has 0 radical (unpaired) electrons. The fourth-order valence-corrected chi connectivity index (χ4v) is 11.1. The standard InChI is InChI=1S/C45H61N3O6/c1-30(2)9-8-10-31(3)39-23-24-40-38-22-13-32-29-37(25-27-44(32,4)41(38)26-28-45(39,40)5)54-43(50)12-7-6-11-42(49)53-36-20-16-34(17-21-36)47-46-33-14-18-35(19-15-33)48(51)52/h13-21,30-31,37-41H,6-12,22-29H2,1-5H3/t31-,37?,38+,39-,40+,41+,44+,45-/m1/s1. The molecule has 0 aliphatic heterocycles. The van der Waals surface area contributed by atoms with Gasteiger partial charge in [0.25, 0.3) is 5.69 Å². The SMILES string of the molecule is CC(C)CCC[C@@H](C)[C@H]1CC[C@H]2[C@@H]3CC=C4CC(OC(=O)CCCCC(=O)Oc5ccc(N=Nc6ccc([N+](=O)[O-])cc6)cc5)CC[C@]4(C)[C@H]3CC[C@]12C. The summed E-state index contributed by atoms with van der Waals surface area (Å²) in [5, 5.41) is 19.0. The van der Waals surface area contributed by atoms with Gasteiger partial charge in [-0.1, -0.05) is 65.5 Å². The van der Waals surface area contributed by atoms with Crippen molar-refractivity contribution in [3.05, 3.63) is 70.3 Å². The number of hydrogen-bond donors (Lipinski definition) is 0. The monoisotopic (exact) mass is 739 g/mol. The number of nitro benzene ring substituents is 1. The van der Waals surface area contributed by atoms with Crippen LogP contribution in [0.15, 0.2) is 70.4 Å². The molecule has 0 aromatic heterocycles. The van der Waals surface area contributed by atoms with Crippen molar-refractivity contribution >= 4 is 29.0 Å². The third-order valence-electron chi connectivity index (χ3n) is 14.0. The number of carbonyl (C=O) groups excluding carboxylic acids is 2. The number of esters is 2. The fourth-order valence-electron chi connectivity index (χ4n) is 11.1. The predicted octanol–water partition coefficient (Wildman–Crippen LogP) is 12.4. The first-order chi connectivity index (χ1) is 25.9. The number of nitrogens with zero attached hydrogens (tertiary/aromatic N) is 3. The van der Waals surface area contributed by atoms with E-state index in [1.165, 1.54) is 81.2 Å². The molecule has 0 heterocycles. The third kappa shape index (κ3) is 9.14. The van der Waals surface area contributed by atoms with E-state index < -0.39 is 4.92 Å². The number of non-ortho nitro benzene ring substituents is 1. The minimum absolute atomic E-state index is 0.0115. The molecule has 1 unspecified atom stereocenters. The number of unbranched alkanes of at least 4 members (excludes halogenated alkanes) is 1.